The normalized spacial score (nSPS) is 12.4. The van der Waals surface area contributed by atoms with Gasteiger partial charge in [-0.25, -0.2) is 0 Å². The van der Waals surface area contributed by atoms with Gasteiger partial charge in [-0.3, -0.25) is 0 Å². The summed E-state index contributed by atoms with van der Waals surface area (Å²) in [5.74, 6) is 0. The highest BCUT2D eigenvalue weighted by molar-refractivity contribution is 6.47. The first-order valence-corrected chi connectivity index (χ1v) is 11.6. The van der Waals surface area contributed by atoms with Crippen LogP contribution < -0.4 is 5.46 Å². The third kappa shape index (κ3) is 4.15. The van der Waals surface area contributed by atoms with Crippen molar-refractivity contribution in [2.24, 2.45) is 0 Å². The Balaban J connectivity index is 1.63. The summed E-state index contributed by atoms with van der Waals surface area (Å²) in [5, 5.41) is 10.5. The zero-order chi connectivity index (χ0) is 23.9. The third-order valence-corrected chi connectivity index (χ3v) is 6.78. The largest absolute Gasteiger partial charge is 0.455 e. The molecular formula is C30H29BO3+. The molecule has 0 saturated heterocycles. The van der Waals surface area contributed by atoms with E-state index in [1.54, 1.807) is 7.48 Å². The molecule has 1 heterocycles. The Morgan fingerprint density at radius 2 is 1.35 bits per heavy atom. The highest BCUT2D eigenvalue weighted by Gasteiger charge is 2.40. The molecule has 1 radical (unpaired) electrons. The van der Waals surface area contributed by atoms with Gasteiger partial charge < -0.3 is 14.2 Å². The summed E-state index contributed by atoms with van der Waals surface area (Å²) in [7, 11) is 1.73. The van der Waals surface area contributed by atoms with E-state index in [1.165, 1.54) is 5.56 Å². The molecule has 0 aliphatic carbocycles. The van der Waals surface area contributed by atoms with Crippen LogP contribution in [0.25, 0.3) is 44.2 Å². The molecule has 0 fully saturated rings. The van der Waals surface area contributed by atoms with Crippen LogP contribution in [0.5, 0.6) is 0 Å². The predicted octanol–water partition coefficient (Wildman–Crippen LogP) is 6.46. The average Bonchev–Trinajstić information content (AvgIpc) is 3.20. The first-order valence-electron chi connectivity index (χ1n) is 11.6. The first kappa shape index (κ1) is 22.5. The molecule has 4 aromatic carbocycles. The monoisotopic (exact) mass is 448 g/mol. The lowest BCUT2D eigenvalue weighted by molar-refractivity contribution is -0.0893. The maximum absolute atomic E-state index is 8.34. The van der Waals surface area contributed by atoms with Crippen molar-refractivity contribution >= 4 is 34.9 Å². The third-order valence-electron chi connectivity index (χ3n) is 6.78. The molecule has 3 nitrogen and oxygen atoms in total. The number of fused-ring (bicyclic) bond motifs is 3. The molecule has 5 aromatic rings. The van der Waals surface area contributed by atoms with Gasteiger partial charge >= 0.3 is 7.48 Å². The van der Waals surface area contributed by atoms with E-state index in [0.29, 0.717) is 0 Å². The number of furan rings is 1. The molecule has 4 heteroatoms. The Hall–Kier alpha value is -3.34. The van der Waals surface area contributed by atoms with E-state index in [9.17, 15) is 0 Å². The maximum Gasteiger partial charge on any atom is 0.331 e. The van der Waals surface area contributed by atoms with E-state index in [4.69, 9.17) is 14.2 Å². The summed E-state index contributed by atoms with van der Waals surface area (Å²) in [4.78, 5) is 0. The fourth-order valence-electron chi connectivity index (χ4n) is 3.96. The van der Waals surface area contributed by atoms with E-state index in [0.717, 1.165) is 44.1 Å². The Labute approximate surface area is 201 Å². The van der Waals surface area contributed by atoms with E-state index >= 15 is 0 Å². The van der Waals surface area contributed by atoms with Crippen LogP contribution in [0.1, 0.15) is 27.7 Å². The lowest BCUT2D eigenvalue weighted by Crippen LogP contribution is -2.49. The lowest BCUT2D eigenvalue weighted by Gasteiger charge is -2.33. The highest BCUT2D eigenvalue weighted by atomic mass is 16.5. The fourth-order valence-corrected chi connectivity index (χ4v) is 3.96. The molecule has 169 valence electrons. The number of hydrogen-bond acceptors (Lipinski definition) is 2. The van der Waals surface area contributed by atoms with Gasteiger partial charge in [-0.15, -0.1) is 0 Å². The van der Waals surface area contributed by atoms with Crippen LogP contribution >= 0.6 is 0 Å². The molecule has 0 saturated carbocycles. The second-order valence-corrected chi connectivity index (χ2v) is 9.86. The van der Waals surface area contributed by atoms with Gasteiger partial charge in [-0.1, -0.05) is 72.8 Å². The average molecular weight is 448 g/mol. The van der Waals surface area contributed by atoms with Gasteiger partial charge in [0.25, 0.3) is 0 Å². The van der Waals surface area contributed by atoms with Crippen LogP contribution in [-0.4, -0.2) is 23.8 Å². The van der Waals surface area contributed by atoms with Gasteiger partial charge in [0.15, 0.2) is 5.60 Å². The molecule has 0 aliphatic rings. The van der Waals surface area contributed by atoms with E-state index in [-0.39, 0.29) is 0 Å². The quantitative estimate of drug-likeness (QED) is 0.221. The molecule has 0 atom stereocenters. The summed E-state index contributed by atoms with van der Waals surface area (Å²) < 4.78 is 12.5. The van der Waals surface area contributed by atoms with Crippen LogP contribution in [-0.2, 0) is 4.65 Å². The maximum atomic E-state index is 8.34. The molecule has 0 spiro atoms. The van der Waals surface area contributed by atoms with Crippen LogP contribution in [0.2, 0.25) is 0 Å². The Bertz CT molecular complexity index is 1450. The summed E-state index contributed by atoms with van der Waals surface area (Å²) in [6, 6.07) is 31.4. The van der Waals surface area contributed by atoms with Crippen molar-refractivity contribution in [3.63, 3.8) is 0 Å². The second-order valence-electron chi connectivity index (χ2n) is 9.86. The van der Waals surface area contributed by atoms with Gasteiger partial charge in [-0.05, 0) is 54.2 Å². The van der Waals surface area contributed by atoms with Crippen molar-refractivity contribution < 1.29 is 14.2 Å². The molecule has 0 unspecified atom stereocenters. The SMILES string of the molecule is CC(C)([OH2+])C(C)(C)O[B]c1ccc2c(c1)oc1c(-c3ccccc3)cc(-c3ccccc3)cc12. The van der Waals surface area contributed by atoms with Crippen molar-refractivity contribution in [2.75, 3.05) is 0 Å². The lowest BCUT2D eigenvalue weighted by atomic mass is 9.82. The van der Waals surface area contributed by atoms with E-state index in [2.05, 4.69) is 66.7 Å². The van der Waals surface area contributed by atoms with Crippen molar-refractivity contribution in [2.45, 2.75) is 38.9 Å². The van der Waals surface area contributed by atoms with E-state index < -0.39 is 11.2 Å². The number of hydrogen-bond donors (Lipinski definition) is 0. The van der Waals surface area contributed by atoms with Crippen LogP contribution in [0, 0.1) is 0 Å². The standard InChI is InChI=1S/C30H28BO3/c1-29(2,32)30(3,4)34-31-23-15-16-24-26-18-22(20-11-7-5-8-12-20)17-25(21-13-9-6-10-14-21)28(26)33-27(24)19-23/h5-19,32H,1-4H3/p+1. The molecule has 1 aromatic heterocycles. The fraction of sp³-hybridized carbons (Fsp3) is 0.200. The predicted molar refractivity (Wildman–Crippen MR) is 143 cm³/mol. The summed E-state index contributed by atoms with van der Waals surface area (Å²) in [6.07, 6.45) is 0. The number of benzene rings is 4. The van der Waals surface area contributed by atoms with Gasteiger partial charge in [0.2, 0.25) is 0 Å². The Morgan fingerprint density at radius 3 is 2.00 bits per heavy atom. The number of rotatable bonds is 6. The minimum Gasteiger partial charge on any atom is -0.455 e. The zero-order valence-corrected chi connectivity index (χ0v) is 20.1. The molecular weight excluding hydrogens is 419 g/mol. The van der Waals surface area contributed by atoms with Gasteiger partial charge in [-0.2, -0.15) is 0 Å². The van der Waals surface area contributed by atoms with Crippen LogP contribution in [0.3, 0.4) is 0 Å². The second kappa shape index (κ2) is 8.46. The molecule has 0 bridgehead atoms. The van der Waals surface area contributed by atoms with Gasteiger partial charge in [0.1, 0.15) is 16.8 Å². The van der Waals surface area contributed by atoms with E-state index in [1.807, 2.05) is 52.0 Å². The molecule has 0 amide bonds. The molecule has 5 rings (SSSR count). The minimum absolute atomic E-state index is 0.624. The topological polar surface area (TPSA) is 45.3 Å². The molecule has 2 N–H and O–H groups in total. The van der Waals surface area contributed by atoms with Crippen LogP contribution in [0.4, 0.5) is 0 Å². The van der Waals surface area contributed by atoms with Crippen molar-refractivity contribution in [1.29, 1.82) is 0 Å². The van der Waals surface area contributed by atoms with Crippen molar-refractivity contribution in [1.82, 2.24) is 0 Å². The summed E-state index contributed by atoms with van der Waals surface area (Å²) in [5.41, 5.74) is 5.79. The van der Waals surface area contributed by atoms with Gasteiger partial charge in [0, 0.05) is 30.2 Å². The zero-order valence-electron chi connectivity index (χ0n) is 20.1. The molecule has 34 heavy (non-hydrogen) atoms. The van der Waals surface area contributed by atoms with Crippen molar-refractivity contribution in [3.05, 3.63) is 91.0 Å². The summed E-state index contributed by atoms with van der Waals surface area (Å²) >= 11 is 0. The minimum atomic E-state index is -0.731. The van der Waals surface area contributed by atoms with Crippen LogP contribution in [0.15, 0.2) is 95.4 Å². The smallest absolute Gasteiger partial charge is 0.331 e. The Kier molecular flexibility index (Phi) is 5.59. The summed E-state index contributed by atoms with van der Waals surface area (Å²) in [6.45, 7) is 7.60. The first-order chi connectivity index (χ1) is 16.2. The van der Waals surface area contributed by atoms with Crippen molar-refractivity contribution in [3.8, 4) is 22.3 Å². The molecule has 0 aliphatic heterocycles. The Morgan fingerprint density at radius 1 is 0.706 bits per heavy atom. The highest BCUT2D eigenvalue weighted by Crippen LogP contribution is 2.39. The van der Waals surface area contributed by atoms with Gasteiger partial charge in [0.05, 0.1) is 0 Å².